The van der Waals surface area contributed by atoms with Crippen molar-refractivity contribution in [3.63, 3.8) is 0 Å². The van der Waals surface area contributed by atoms with E-state index in [0.29, 0.717) is 29.7 Å². The fourth-order valence-corrected chi connectivity index (χ4v) is 2.31. The van der Waals surface area contributed by atoms with Gasteiger partial charge in [0.05, 0.1) is 12.6 Å². The van der Waals surface area contributed by atoms with Gasteiger partial charge in [0.25, 0.3) is 5.56 Å². The first-order valence-corrected chi connectivity index (χ1v) is 6.38. The number of hydrogen-bond donors (Lipinski definition) is 1. The van der Waals surface area contributed by atoms with Gasteiger partial charge in [-0.15, -0.1) is 0 Å². The van der Waals surface area contributed by atoms with Crippen molar-refractivity contribution in [2.75, 3.05) is 0 Å². The minimum absolute atomic E-state index is 0.176. The van der Waals surface area contributed by atoms with Crippen LogP contribution in [0.5, 0.6) is 0 Å². The molecule has 1 aliphatic rings. The van der Waals surface area contributed by atoms with Crippen LogP contribution < -0.4 is 5.56 Å². The van der Waals surface area contributed by atoms with Crippen molar-refractivity contribution < 1.29 is 14.6 Å². The van der Waals surface area contributed by atoms with Crippen molar-refractivity contribution in [2.24, 2.45) is 0 Å². The Morgan fingerprint density at radius 3 is 3.00 bits per heavy atom. The fraction of sp³-hybridized carbons (Fsp3) is 0.545. The lowest BCUT2D eigenvalue weighted by Crippen LogP contribution is -2.30. The van der Waals surface area contributed by atoms with Gasteiger partial charge in [0.15, 0.2) is 6.10 Å². The number of carbonyl (C=O) groups is 1. The molecule has 1 N–H and O–H groups in total. The largest absolute Gasteiger partial charge is 0.479 e. The molecule has 0 aromatic carbocycles. The molecule has 1 aromatic heterocycles. The summed E-state index contributed by atoms with van der Waals surface area (Å²) in [6.45, 7) is 2.07. The Morgan fingerprint density at radius 2 is 2.39 bits per heavy atom. The highest BCUT2D eigenvalue weighted by atomic mass is 79.9. The van der Waals surface area contributed by atoms with Crippen LogP contribution in [0, 0.1) is 6.92 Å². The van der Waals surface area contributed by atoms with Gasteiger partial charge in [0.1, 0.15) is 10.3 Å². The zero-order chi connectivity index (χ0) is 13.3. The van der Waals surface area contributed by atoms with Gasteiger partial charge in [-0.3, -0.25) is 9.36 Å². The lowest BCUT2D eigenvalue weighted by Gasteiger charge is -2.15. The molecular weight excluding hydrogens is 304 g/mol. The SMILES string of the molecule is Cc1ncc(Br)c(=O)n1CC1CCC(C(=O)O)O1. The maximum absolute atomic E-state index is 11.9. The van der Waals surface area contributed by atoms with Gasteiger partial charge in [-0.1, -0.05) is 0 Å². The highest BCUT2D eigenvalue weighted by molar-refractivity contribution is 9.10. The molecule has 0 amide bonds. The second kappa shape index (κ2) is 5.19. The van der Waals surface area contributed by atoms with Gasteiger partial charge in [0.2, 0.25) is 0 Å². The summed E-state index contributed by atoms with van der Waals surface area (Å²) in [7, 11) is 0. The number of halogens is 1. The van der Waals surface area contributed by atoms with Crippen LogP contribution in [0.1, 0.15) is 18.7 Å². The molecule has 0 aliphatic carbocycles. The predicted octanol–water partition coefficient (Wildman–Crippen LogP) is 0.946. The monoisotopic (exact) mass is 316 g/mol. The average molecular weight is 317 g/mol. The summed E-state index contributed by atoms with van der Waals surface area (Å²) in [5, 5.41) is 8.84. The molecule has 0 radical (unpaired) electrons. The van der Waals surface area contributed by atoms with E-state index in [1.165, 1.54) is 10.8 Å². The highest BCUT2D eigenvalue weighted by Gasteiger charge is 2.31. The Labute approximate surface area is 112 Å². The van der Waals surface area contributed by atoms with E-state index in [9.17, 15) is 9.59 Å². The molecule has 18 heavy (non-hydrogen) atoms. The molecule has 2 heterocycles. The molecule has 1 aromatic rings. The summed E-state index contributed by atoms with van der Waals surface area (Å²) in [6.07, 6.45) is 1.57. The third-order valence-electron chi connectivity index (χ3n) is 2.97. The van der Waals surface area contributed by atoms with Crippen LogP contribution in [0.4, 0.5) is 0 Å². The third kappa shape index (κ3) is 2.62. The highest BCUT2D eigenvalue weighted by Crippen LogP contribution is 2.21. The Bertz CT molecular complexity index is 528. The van der Waals surface area contributed by atoms with Crippen LogP contribution in [-0.2, 0) is 16.1 Å². The van der Waals surface area contributed by atoms with E-state index in [4.69, 9.17) is 9.84 Å². The molecule has 0 bridgehead atoms. The first-order chi connectivity index (χ1) is 8.49. The molecule has 2 rings (SSSR count). The molecule has 7 heteroatoms. The molecule has 2 unspecified atom stereocenters. The minimum Gasteiger partial charge on any atom is -0.479 e. The Balaban J connectivity index is 2.14. The molecule has 1 aliphatic heterocycles. The van der Waals surface area contributed by atoms with E-state index in [1.54, 1.807) is 6.92 Å². The van der Waals surface area contributed by atoms with Gasteiger partial charge in [-0.25, -0.2) is 9.78 Å². The summed E-state index contributed by atoms with van der Waals surface area (Å²) < 4.78 is 7.26. The molecule has 98 valence electrons. The molecule has 1 fully saturated rings. The molecule has 0 spiro atoms. The number of aromatic nitrogens is 2. The first-order valence-electron chi connectivity index (χ1n) is 5.59. The second-order valence-electron chi connectivity index (χ2n) is 4.23. The van der Waals surface area contributed by atoms with Crippen LogP contribution >= 0.6 is 15.9 Å². The maximum atomic E-state index is 11.9. The summed E-state index contributed by atoms with van der Waals surface area (Å²) in [6, 6.07) is 0. The summed E-state index contributed by atoms with van der Waals surface area (Å²) >= 11 is 3.13. The van der Waals surface area contributed by atoms with Gasteiger partial charge in [-0.05, 0) is 35.7 Å². The fourth-order valence-electron chi connectivity index (χ4n) is 1.99. The number of carboxylic acids is 1. The summed E-state index contributed by atoms with van der Waals surface area (Å²) in [5.41, 5.74) is -0.176. The first kappa shape index (κ1) is 13.2. The zero-order valence-electron chi connectivity index (χ0n) is 9.80. The molecule has 6 nitrogen and oxygen atoms in total. The Hall–Kier alpha value is -1.21. The van der Waals surface area contributed by atoms with Crippen molar-refractivity contribution >= 4 is 21.9 Å². The Kier molecular flexibility index (Phi) is 3.82. The lowest BCUT2D eigenvalue weighted by molar-refractivity contribution is -0.149. The van der Waals surface area contributed by atoms with Crippen LogP contribution in [0.3, 0.4) is 0 Å². The van der Waals surface area contributed by atoms with Crippen LogP contribution in [0.2, 0.25) is 0 Å². The molecule has 1 saturated heterocycles. The lowest BCUT2D eigenvalue weighted by atomic mass is 10.2. The zero-order valence-corrected chi connectivity index (χ0v) is 11.4. The van der Waals surface area contributed by atoms with Crippen molar-refractivity contribution in [3.05, 3.63) is 26.8 Å². The van der Waals surface area contributed by atoms with E-state index in [-0.39, 0.29) is 11.7 Å². The number of aliphatic carboxylic acids is 1. The second-order valence-corrected chi connectivity index (χ2v) is 5.09. The van der Waals surface area contributed by atoms with Crippen molar-refractivity contribution in [1.29, 1.82) is 0 Å². The van der Waals surface area contributed by atoms with E-state index in [2.05, 4.69) is 20.9 Å². The van der Waals surface area contributed by atoms with E-state index in [1.807, 2.05) is 0 Å². The van der Waals surface area contributed by atoms with Gasteiger partial charge in [0, 0.05) is 6.20 Å². The number of carboxylic acid groups (broad SMARTS) is 1. The van der Waals surface area contributed by atoms with Crippen LogP contribution in [0.15, 0.2) is 15.5 Å². The maximum Gasteiger partial charge on any atom is 0.332 e. The standard InChI is InChI=1S/C11H13BrN2O4/c1-6-13-4-8(12)10(15)14(6)5-7-2-3-9(18-7)11(16)17/h4,7,9H,2-3,5H2,1H3,(H,16,17). The summed E-state index contributed by atoms with van der Waals surface area (Å²) in [5.74, 6) is -0.362. The van der Waals surface area contributed by atoms with Gasteiger partial charge >= 0.3 is 5.97 Å². The molecule has 0 saturated carbocycles. The molecule has 2 atom stereocenters. The molecular formula is C11H13BrN2O4. The number of nitrogens with zero attached hydrogens (tertiary/aromatic N) is 2. The summed E-state index contributed by atoms with van der Waals surface area (Å²) in [4.78, 5) is 26.8. The van der Waals surface area contributed by atoms with Crippen LogP contribution in [0.25, 0.3) is 0 Å². The number of ether oxygens (including phenoxy) is 1. The van der Waals surface area contributed by atoms with E-state index >= 15 is 0 Å². The van der Waals surface area contributed by atoms with E-state index in [0.717, 1.165) is 0 Å². The van der Waals surface area contributed by atoms with Crippen molar-refractivity contribution in [2.45, 2.75) is 38.5 Å². The van der Waals surface area contributed by atoms with Gasteiger partial charge in [-0.2, -0.15) is 0 Å². The Morgan fingerprint density at radius 1 is 1.67 bits per heavy atom. The number of aryl methyl sites for hydroxylation is 1. The normalized spacial score (nSPS) is 23.2. The van der Waals surface area contributed by atoms with Crippen molar-refractivity contribution in [3.8, 4) is 0 Å². The minimum atomic E-state index is -0.950. The number of rotatable bonds is 3. The van der Waals surface area contributed by atoms with Gasteiger partial charge < -0.3 is 9.84 Å². The predicted molar refractivity (Wildman–Crippen MR) is 66.5 cm³/mol. The smallest absolute Gasteiger partial charge is 0.332 e. The number of hydrogen-bond acceptors (Lipinski definition) is 4. The quantitative estimate of drug-likeness (QED) is 0.897. The third-order valence-corrected chi connectivity index (χ3v) is 3.52. The van der Waals surface area contributed by atoms with Crippen molar-refractivity contribution in [1.82, 2.24) is 9.55 Å². The average Bonchev–Trinajstić information content (AvgIpc) is 2.78. The van der Waals surface area contributed by atoms with Crippen LogP contribution in [-0.4, -0.2) is 32.8 Å². The topological polar surface area (TPSA) is 81.4 Å². The van der Waals surface area contributed by atoms with E-state index < -0.39 is 12.1 Å².